The van der Waals surface area contributed by atoms with E-state index in [0.717, 1.165) is 6.42 Å². The van der Waals surface area contributed by atoms with Crippen LogP contribution in [0.1, 0.15) is 20.3 Å². The summed E-state index contributed by atoms with van der Waals surface area (Å²) in [6.45, 7) is 4.24. The van der Waals surface area contributed by atoms with Gasteiger partial charge in [-0.15, -0.1) is 11.6 Å². The number of rotatable bonds is 5. The fourth-order valence-corrected chi connectivity index (χ4v) is 2.51. The molecule has 0 aromatic carbocycles. The second kappa shape index (κ2) is 6.89. The zero-order chi connectivity index (χ0) is 8.69. The molecule has 0 fully saturated rings. The van der Waals surface area contributed by atoms with Gasteiger partial charge < -0.3 is 5.11 Å². The molecule has 1 N–H and O–H groups in total. The molecule has 0 aliphatic rings. The Morgan fingerprint density at radius 1 is 1.73 bits per heavy atom. The van der Waals surface area contributed by atoms with Gasteiger partial charge in [-0.2, -0.15) is 0 Å². The van der Waals surface area contributed by atoms with Crippen molar-refractivity contribution in [1.29, 1.82) is 0 Å². The van der Waals surface area contributed by atoms with Crippen LogP contribution >= 0.6 is 11.6 Å². The standard InChI is InChI=1S/C8H17ClOSi/c1-3-7(2)11-5-4-8(10)6-9/h3,8,10H,4-6,11H2,1-2H3. The summed E-state index contributed by atoms with van der Waals surface area (Å²) in [4.78, 5) is 0. The van der Waals surface area contributed by atoms with Gasteiger partial charge in [0.1, 0.15) is 0 Å². The first-order valence-corrected chi connectivity index (χ1v) is 6.30. The number of hydrogen-bond donors (Lipinski definition) is 1. The van der Waals surface area contributed by atoms with Gasteiger partial charge in [0.15, 0.2) is 0 Å². The lowest BCUT2D eigenvalue weighted by atomic mass is 10.3. The molecule has 0 amide bonds. The molecule has 1 nitrogen and oxygen atoms in total. The van der Waals surface area contributed by atoms with E-state index in [1.807, 2.05) is 0 Å². The normalized spacial score (nSPS) is 16.2. The summed E-state index contributed by atoms with van der Waals surface area (Å²) in [6, 6.07) is 1.17. The minimum Gasteiger partial charge on any atom is -0.392 e. The Labute approximate surface area is 76.3 Å². The SMILES string of the molecule is CC=C(C)[SiH2]CCC(O)CCl. The second-order valence-electron chi connectivity index (χ2n) is 2.84. The summed E-state index contributed by atoms with van der Waals surface area (Å²) in [5.41, 5.74) is 0. The van der Waals surface area contributed by atoms with Crippen molar-refractivity contribution >= 4 is 21.1 Å². The van der Waals surface area contributed by atoms with Crippen molar-refractivity contribution in [3.8, 4) is 0 Å². The van der Waals surface area contributed by atoms with Gasteiger partial charge in [-0.05, 0) is 20.3 Å². The molecule has 1 atom stereocenters. The van der Waals surface area contributed by atoms with Crippen LogP contribution in [-0.4, -0.2) is 26.6 Å². The molecule has 0 saturated carbocycles. The first kappa shape index (κ1) is 11.2. The Hall–Kier alpha value is 0.207. The summed E-state index contributed by atoms with van der Waals surface area (Å²) in [5.74, 6) is 0.378. The minimum absolute atomic E-state index is 0.0740. The van der Waals surface area contributed by atoms with Crippen LogP contribution in [0.3, 0.4) is 0 Å². The van der Waals surface area contributed by atoms with Crippen LogP contribution in [0.5, 0.6) is 0 Å². The molecule has 66 valence electrons. The third-order valence-corrected chi connectivity index (χ3v) is 4.09. The summed E-state index contributed by atoms with van der Waals surface area (Å²) in [7, 11) is -0.0740. The van der Waals surface area contributed by atoms with E-state index in [9.17, 15) is 0 Å². The Kier molecular flexibility index (Phi) is 7.02. The predicted octanol–water partition coefficient (Wildman–Crippen LogP) is 1.49. The van der Waals surface area contributed by atoms with Gasteiger partial charge in [0.2, 0.25) is 0 Å². The van der Waals surface area contributed by atoms with E-state index in [2.05, 4.69) is 19.9 Å². The van der Waals surface area contributed by atoms with Crippen molar-refractivity contribution in [2.75, 3.05) is 5.88 Å². The van der Waals surface area contributed by atoms with Crippen molar-refractivity contribution in [3.63, 3.8) is 0 Å². The molecule has 0 radical (unpaired) electrons. The second-order valence-corrected chi connectivity index (χ2v) is 5.47. The molecule has 0 bridgehead atoms. The number of alkyl halides is 1. The first-order valence-electron chi connectivity index (χ1n) is 4.06. The third-order valence-electron chi connectivity index (χ3n) is 1.78. The summed E-state index contributed by atoms with van der Waals surface area (Å²) < 4.78 is 0. The number of halogens is 1. The Balaban J connectivity index is 3.27. The van der Waals surface area contributed by atoms with E-state index >= 15 is 0 Å². The quantitative estimate of drug-likeness (QED) is 0.517. The van der Waals surface area contributed by atoms with Crippen molar-refractivity contribution in [2.45, 2.75) is 32.4 Å². The number of aliphatic hydroxyl groups excluding tert-OH is 1. The molecule has 0 heterocycles. The van der Waals surface area contributed by atoms with E-state index in [0.29, 0.717) is 5.88 Å². The average molecular weight is 193 g/mol. The summed E-state index contributed by atoms with van der Waals surface area (Å²) in [5, 5.41) is 10.6. The van der Waals surface area contributed by atoms with Gasteiger partial charge in [-0.1, -0.05) is 17.3 Å². The molecular formula is C8H17ClOSi. The van der Waals surface area contributed by atoms with Crippen molar-refractivity contribution in [1.82, 2.24) is 0 Å². The summed E-state index contributed by atoms with van der Waals surface area (Å²) in [6.07, 6.45) is 2.76. The summed E-state index contributed by atoms with van der Waals surface area (Å²) >= 11 is 5.45. The van der Waals surface area contributed by atoms with Gasteiger partial charge in [0.25, 0.3) is 0 Å². The van der Waals surface area contributed by atoms with E-state index in [4.69, 9.17) is 16.7 Å². The van der Waals surface area contributed by atoms with Crippen LogP contribution in [0.2, 0.25) is 6.04 Å². The zero-order valence-corrected chi connectivity index (χ0v) is 9.48. The molecule has 0 aliphatic carbocycles. The van der Waals surface area contributed by atoms with Crippen LogP contribution in [0.25, 0.3) is 0 Å². The highest BCUT2D eigenvalue weighted by atomic mass is 35.5. The van der Waals surface area contributed by atoms with Gasteiger partial charge in [0, 0.05) is 15.4 Å². The van der Waals surface area contributed by atoms with Crippen LogP contribution in [0.15, 0.2) is 11.3 Å². The molecule has 1 unspecified atom stereocenters. The average Bonchev–Trinajstić information content (AvgIpc) is 2.04. The highest BCUT2D eigenvalue weighted by Crippen LogP contribution is 2.02. The molecular weight excluding hydrogens is 176 g/mol. The molecule has 0 aromatic heterocycles. The predicted molar refractivity (Wildman–Crippen MR) is 54.1 cm³/mol. The van der Waals surface area contributed by atoms with E-state index in [1.54, 1.807) is 0 Å². The molecule has 0 spiro atoms. The monoisotopic (exact) mass is 192 g/mol. The number of allylic oxidation sites excluding steroid dienone is 2. The maximum atomic E-state index is 9.11. The number of aliphatic hydroxyl groups is 1. The highest BCUT2D eigenvalue weighted by molar-refractivity contribution is 6.44. The van der Waals surface area contributed by atoms with E-state index in [-0.39, 0.29) is 15.6 Å². The smallest absolute Gasteiger partial charge is 0.0672 e. The Bertz CT molecular complexity index is 125. The van der Waals surface area contributed by atoms with Crippen molar-refractivity contribution < 1.29 is 5.11 Å². The maximum Gasteiger partial charge on any atom is 0.0672 e. The fraction of sp³-hybridized carbons (Fsp3) is 0.750. The first-order chi connectivity index (χ1) is 5.20. The van der Waals surface area contributed by atoms with Crippen LogP contribution in [0, 0.1) is 0 Å². The molecule has 0 saturated heterocycles. The van der Waals surface area contributed by atoms with Crippen LogP contribution in [-0.2, 0) is 0 Å². The van der Waals surface area contributed by atoms with Gasteiger partial charge in [-0.3, -0.25) is 0 Å². The van der Waals surface area contributed by atoms with Crippen molar-refractivity contribution in [2.24, 2.45) is 0 Å². The van der Waals surface area contributed by atoms with E-state index < -0.39 is 0 Å². The minimum atomic E-state index is -0.283. The van der Waals surface area contributed by atoms with E-state index in [1.165, 1.54) is 11.2 Å². The van der Waals surface area contributed by atoms with Gasteiger partial charge in [-0.25, -0.2) is 0 Å². The number of hydrogen-bond acceptors (Lipinski definition) is 1. The largest absolute Gasteiger partial charge is 0.392 e. The molecule has 0 aliphatic heterocycles. The molecule has 3 heteroatoms. The lowest BCUT2D eigenvalue weighted by Gasteiger charge is -2.04. The maximum absolute atomic E-state index is 9.11. The fourth-order valence-electron chi connectivity index (χ4n) is 0.838. The lowest BCUT2D eigenvalue weighted by Crippen LogP contribution is -2.09. The Morgan fingerprint density at radius 2 is 2.36 bits per heavy atom. The topological polar surface area (TPSA) is 20.2 Å². The van der Waals surface area contributed by atoms with Gasteiger partial charge >= 0.3 is 0 Å². The van der Waals surface area contributed by atoms with Crippen LogP contribution < -0.4 is 0 Å². The lowest BCUT2D eigenvalue weighted by molar-refractivity contribution is 0.194. The highest BCUT2D eigenvalue weighted by Gasteiger charge is 2.00. The van der Waals surface area contributed by atoms with Crippen LogP contribution in [0.4, 0.5) is 0 Å². The zero-order valence-electron chi connectivity index (χ0n) is 7.31. The third kappa shape index (κ3) is 6.60. The molecule has 11 heavy (non-hydrogen) atoms. The Morgan fingerprint density at radius 3 is 2.82 bits per heavy atom. The van der Waals surface area contributed by atoms with Crippen molar-refractivity contribution in [3.05, 3.63) is 11.3 Å². The molecule has 0 rings (SSSR count). The molecule has 0 aromatic rings. The van der Waals surface area contributed by atoms with Gasteiger partial charge in [0.05, 0.1) is 6.10 Å².